The van der Waals surface area contributed by atoms with E-state index in [4.69, 9.17) is 10.7 Å². The van der Waals surface area contributed by atoms with Crippen LogP contribution >= 0.6 is 12.1 Å². The molecule has 0 radical (unpaired) electrons. The number of aliphatic imine (C=N–C) groups is 1. The molecule has 0 bridgehead atoms. The summed E-state index contributed by atoms with van der Waals surface area (Å²) in [5, 5.41) is 0. The number of rotatable bonds is 12. The molecule has 1 aliphatic heterocycles. The average molecular weight is 454 g/mol. The van der Waals surface area contributed by atoms with E-state index < -0.39 is 0 Å². The molecule has 1 aromatic heterocycles. The number of anilines is 2. The SMILES string of the molecule is CCC/N=C(\CC)c1ccc(CCCCCCN2CCCN(c3ccnc(N)c3)S2)cc1. The third kappa shape index (κ3) is 7.82. The van der Waals surface area contributed by atoms with Gasteiger partial charge in [0.15, 0.2) is 0 Å². The third-order valence-electron chi connectivity index (χ3n) is 5.81. The van der Waals surface area contributed by atoms with Crippen molar-refractivity contribution in [1.82, 2.24) is 9.29 Å². The monoisotopic (exact) mass is 453 g/mol. The fourth-order valence-electron chi connectivity index (χ4n) is 4.02. The van der Waals surface area contributed by atoms with E-state index in [1.54, 1.807) is 6.20 Å². The Morgan fingerprint density at radius 1 is 1.06 bits per heavy atom. The van der Waals surface area contributed by atoms with Crippen LogP contribution in [0.3, 0.4) is 0 Å². The molecule has 174 valence electrons. The first-order valence-corrected chi connectivity index (χ1v) is 13.0. The van der Waals surface area contributed by atoms with Gasteiger partial charge < -0.3 is 10.0 Å². The molecular formula is C26H39N5S. The molecule has 0 aliphatic carbocycles. The van der Waals surface area contributed by atoms with E-state index in [0.717, 1.165) is 44.7 Å². The molecule has 1 aliphatic rings. The molecule has 1 aromatic carbocycles. The lowest BCUT2D eigenvalue weighted by molar-refractivity contribution is 0.426. The van der Waals surface area contributed by atoms with Crippen LogP contribution in [0.15, 0.2) is 47.6 Å². The first-order chi connectivity index (χ1) is 15.7. The van der Waals surface area contributed by atoms with Gasteiger partial charge in [-0.3, -0.25) is 4.99 Å². The van der Waals surface area contributed by atoms with Crippen LogP contribution in [0.5, 0.6) is 0 Å². The van der Waals surface area contributed by atoms with Gasteiger partial charge in [-0.1, -0.05) is 51.0 Å². The largest absolute Gasteiger partial charge is 0.384 e. The van der Waals surface area contributed by atoms with Gasteiger partial charge in [0.05, 0.1) is 5.69 Å². The molecule has 0 saturated carbocycles. The summed E-state index contributed by atoms with van der Waals surface area (Å²) in [6.07, 6.45) is 11.4. The molecular weight excluding hydrogens is 414 g/mol. The van der Waals surface area contributed by atoms with Crippen LogP contribution in [0.4, 0.5) is 11.5 Å². The number of hydrogen-bond donors (Lipinski definition) is 1. The van der Waals surface area contributed by atoms with Crippen molar-refractivity contribution in [2.45, 2.75) is 65.2 Å². The summed E-state index contributed by atoms with van der Waals surface area (Å²) in [6.45, 7) is 8.67. The predicted molar refractivity (Wildman–Crippen MR) is 140 cm³/mol. The molecule has 32 heavy (non-hydrogen) atoms. The number of aryl methyl sites for hydroxylation is 1. The number of unbranched alkanes of at least 4 members (excludes halogenated alkanes) is 3. The lowest BCUT2D eigenvalue weighted by atomic mass is 10.0. The highest BCUT2D eigenvalue weighted by atomic mass is 32.2. The Balaban J connectivity index is 1.33. The van der Waals surface area contributed by atoms with Crippen molar-refractivity contribution in [3.63, 3.8) is 0 Å². The highest BCUT2D eigenvalue weighted by molar-refractivity contribution is 7.98. The first-order valence-electron chi connectivity index (χ1n) is 12.2. The Morgan fingerprint density at radius 3 is 2.62 bits per heavy atom. The summed E-state index contributed by atoms with van der Waals surface area (Å²) in [6, 6.07) is 13.1. The van der Waals surface area contributed by atoms with Crippen LogP contribution in [-0.2, 0) is 6.42 Å². The fraction of sp³-hybridized carbons (Fsp3) is 0.538. The van der Waals surface area contributed by atoms with E-state index in [9.17, 15) is 0 Å². The summed E-state index contributed by atoms with van der Waals surface area (Å²) in [4.78, 5) is 8.82. The third-order valence-corrected chi connectivity index (χ3v) is 6.99. The Hall–Kier alpha value is -2.05. The van der Waals surface area contributed by atoms with E-state index in [1.165, 1.54) is 55.4 Å². The second-order valence-corrected chi connectivity index (χ2v) is 9.57. The number of nitrogen functional groups attached to an aromatic ring is 1. The zero-order valence-corrected chi connectivity index (χ0v) is 20.6. The molecule has 1 saturated heterocycles. The quantitative estimate of drug-likeness (QED) is 0.237. The first kappa shape index (κ1) is 24.6. The second-order valence-electron chi connectivity index (χ2n) is 8.45. The molecule has 3 rings (SSSR count). The maximum absolute atomic E-state index is 5.85. The average Bonchev–Trinajstić information content (AvgIpc) is 2.83. The Morgan fingerprint density at radius 2 is 1.88 bits per heavy atom. The molecule has 1 fully saturated rings. The molecule has 0 spiro atoms. The maximum atomic E-state index is 5.85. The number of aromatic nitrogens is 1. The maximum Gasteiger partial charge on any atom is 0.125 e. The summed E-state index contributed by atoms with van der Waals surface area (Å²) in [5.41, 5.74) is 11.0. The van der Waals surface area contributed by atoms with Crippen LogP contribution in [0.25, 0.3) is 0 Å². The zero-order chi connectivity index (χ0) is 22.6. The molecule has 2 aromatic rings. The minimum Gasteiger partial charge on any atom is -0.384 e. The summed E-state index contributed by atoms with van der Waals surface area (Å²) < 4.78 is 4.83. The highest BCUT2D eigenvalue weighted by Gasteiger charge is 2.19. The molecule has 0 atom stereocenters. The molecule has 0 unspecified atom stereocenters. The van der Waals surface area contributed by atoms with Gasteiger partial charge in [0.25, 0.3) is 0 Å². The van der Waals surface area contributed by atoms with Crippen LogP contribution in [-0.4, -0.2) is 41.2 Å². The van der Waals surface area contributed by atoms with Gasteiger partial charge in [-0.25, -0.2) is 9.29 Å². The van der Waals surface area contributed by atoms with E-state index in [1.807, 2.05) is 24.3 Å². The van der Waals surface area contributed by atoms with Crippen molar-refractivity contribution in [2.24, 2.45) is 4.99 Å². The van der Waals surface area contributed by atoms with Crippen LogP contribution in [0.1, 0.15) is 69.9 Å². The molecule has 2 N–H and O–H groups in total. The molecule has 2 heterocycles. The molecule has 0 amide bonds. The van der Waals surface area contributed by atoms with Crippen molar-refractivity contribution in [3.8, 4) is 0 Å². The fourth-order valence-corrected chi connectivity index (χ4v) is 5.14. The van der Waals surface area contributed by atoms with Crippen molar-refractivity contribution >= 4 is 29.4 Å². The van der Waals surface area contributed by atoms with E-state index >= 15 is 0 Å². The van der Waals surface area contributed by atoms with Crippen molar-refractivity contribution in [1.29, 1.82) is 0 Å². The van der Waals surface area contributed by atoms with Gasteiger partial charge in [-0.2, -0.15) is 0 Å². The minimum atomic E-state index is 0.588. The van der Waals surface area contributed by atoms with E-state index in [2.05, 4.69) is 51.7 Å². The second kappa shape index (κ2) is 13.5. The topological polar surface area (TPSA) is 57.8 Å². The van der Waals surface area contributed by atoms with Gasteiger partial charge in [-0.15, -0.1) is 0 Å². The van der Waals surface area contributed by atoms with Crippen molar-refractivity contribution < 1.29 is 0 Å². The minimum absolute atomic E-state index is 0.588. The van der Waals surface area contributed by atoms with Gasteiger partial charge in [0.2, 0.25) is 0 Å². The van der Waals surface area contributed by atoms with E-state index in [-0.39, 0.29) is 0 Å². The standard InChI is InChI=1S/C26H39N5S/c1-3-16-28-25(4-2)23-13-11-22(12-14-23)10-7-5-6-8-18-30-19-9-20-31(32-30)24-15-17-29-26(27)21-24/h11-15,17,21H,3-10,16,18-20H2,1-2H3,(H2,27,29)/b28-25+. The van der Waals surface area contributed by atoms with Gasteiger partial charge in [0, 0.05) is 56.3 Å². The molecule has 5 nitrogen and oxygen atoms in total. The van der Waals surface area contributed by atoms with Crippen LogP contribution < -0.4 is 10.0 Å². The number of hydrogen-bond acceptors (Lipinski definition) is 6. The predicted octanol–water partition coefficient (Wildman–Crippen LogP) is 6.15. The summed E-state index contributed by atoms with van der Waals surface area (Å²) >= 11 is 1.84. The van der Waals surface area contributed by atoms with Gasteiger partial charge in [0.1, 0.15) is 5.82 Å². The smallest absolute Gasteiger partial charge is 0.125 e. The Labute approximate surface area is 198 Å². The number of nitrogens with two attached hydrogens (primary N) is 1. The van der Waals surface area contributed by atoms with Gasteiger partial charge in [-0.05, 0) is 55.7 Å². The zero-order valence-electron chi connectivity index (χ0n) is 19.8. The lowest BCUT2D eigenvalue weighted by Crippen LogP contribution is -2.34. The Bertz CT molecular complexity index is 836. The number of pyridine rings is 1. The molecule has 6 heteroatoms. The van der Waals surface area contributed by atoms with Crippen molar-refractivity contribution in [3.05, 3.63) is 53.7 Å². The van der Waals surface area contributed by atoms with Crippen molar-refractivity contribution in [2.75, 3.05) is 36.2 Å². The summed E-state index contributed by atoms with van der Waals surface area (Å²) in [7, 11) is 0. The normalized spacial score (nSPS) is 15.3. The number of benzene rings is 1. The van der Waals surface area contributed by atoms with Crippen LogP contribution in [0, 0.1) is 0 Å². The summed E-state index contributed by atoms with van der Waals surface area (Å²) in [5.74, 6) is 0.588. The highest BCUT2D eigenvalue weighted by Crippen LogP contribution is 2.30. The van der Waals surface area contributed by atoms with Crippen LogP contribution in [0.2, 0.25) is 0 Å². The van der Waals surface area contributed by atoms with Gasteiger partial charge >= 0.3 is 0 Å². The number of nitrogens with zero attached hydrogens (tertiary/aromatic N) is 4. The Kier molecular flexibility index (Phi) is 10.4. The lowest BCUT2D eigenvalue weighted by Gasteiger charge is -2.35. The van der Waals surface area contributed by atoms with E-state index in [0.29, 0.717) is 5.82 Å².